The Labute approximate surface area is 324 Å². The van der Waals surface area contributed by atoms with Crippen LogP contribution in [0.15, 0.2) is 60.8 Å². The second kappa shape index (κ2) is 36.0. The summed E-state index contributed by atoms with van der Waals surface area (Å²) in [6, 6.07) is -0.732. The van der Waals surface area contributed by atoms with Gasteiger partial charge in [-0.1, -0.05) is 139 Å². The summed E-state index contributed by atoms with van der Waals surface area (Å²) >= 11 is 0. The quantitative estimate of drug-likeness (QED) is 0.0273. The molecule has 0 aromatic rings. The van der Waals surface area contributed by atoms with Gasteiger partial charge in [0, 0.05) is 19.3 Å². The van der Waals surface area contributed by atoms with Gasteiger partial charge in [0.05, 0.1) is 40.3 Å². The van der Waals surface area contributed by atoms with Crippen LogP contribution in [0.2, 0.25) is 0 Å². The second-order valence-corrected chi connectivity index (χ2v) is 14.8. The molecule has 0 radical (unpaired) electrons. The van der Waals surface area contributed by atoms with Gasteiger partial charge in [-0.05, 0) is 57.8 Å². The molecule has 2 unspecified atom stereocenters. The molecule has 0 fully saturated rings. The first-order valence-electron chi connectivity index (χ1n) is 20.8. The van der Waals surface area contributed by atoms with Crippen LogP contribution in [0.5, 0.6) is 0 Å². The van der Waals surface area contributed by atoms with Gasteiger partial charge >= 0.3 is 11.9 Å². The number of aliphatic carboxylic acids is 1. The Bertz CT molecular complexity index is 1050. The SMILES string of the molecule is CC/C=C/C/C=C/C/C=C/C/C=C/C/C=C/CCCCCC(=O)OC(COCCC(C(=O)[O-])[N+](C)(C)C)COC(=O)CCCCCCCCCCCC. The Morgan fingerprint density at radius 3 is 1.57 bits per heavy atom. The number of carbonyl (C=O) groups is 3. The summed E-state index contributed by atoms with van der Waals surface area (Å²) in [7, 11) is 5.38. The molecule has 0 aromatic carbocycles. The molecule has 304 valence electrons. The van der Waals surface area contributed by atoms with Crippen molar-refractivity contribution in [2.24, 2.45) is 0 Å². The first-order chi connectivity index (χ1) is 25.6. The van der Waals surface area contributed by atoms with E-state index in [1.807, 2.05) is 0 Å². The van der Waals surface area contributed by atoms with Crippen molar-refractivity contribution in [3.63, 3.8) is 0 Å². The van der Waals surface area contributed by atoms with Gasteiger partial charge in [0.15, 0.2) is 6.10 Å². The van der Waals surface area contributed by atoms with E-state index in [2.05, 4.69) is 74.6 Å². The lowest BCUT2D eigenvalue weighted by molar-refractivity contribution is -0.889. The fourth-order valence-corrected chi connectivity index (χ4v) is 5.68. The Morgan fingerprint density at radius 2 is 1.06 bits per heavy atom. The van der Waals surface area contributed by atoms with E-state index in [1.54, 1.807) is 21.1 Å². The molecule has 0 bridgehead atoms. The van der Waals surface area contributed by atoms with Gasteiger partial charge < -0.3 is 28.6 Å². The fourth-order valence-electron chi connectivity index (χ4n) is 5.68. The standard InChI is InChI=1S/C45H77NO7/c1-6-8-10-12-14-16-18-19-20-21-22-23-24-25-26-28-30-32-34-36-44(48)53-41(39-51-38-37-42(45(49)50)46(3,4)5)40-52-43(47)35-33-31-29-27-17-15-13-11-9-7-2/h8,10,14,16,19-20,22-23,25-26,41-42H,6-7,9,11-13,15,17-18,21,24,27-40H2,1-5H3/b10-8+,16-14+,20-19+,23-22+,26-25+. The Kier molecular flexibility index (Phi) is 34.0. The summed E-state index contributed by atoms with van der Waals surface area (Å²) in [5.41, 5.74) is 0. The van der Waals surface area contributed by atoms with Crippen LogP contribution in [0.4, 0.5) is 0 Å². The molecule has 0 aliphatic heterocycles. The topological polar surface area (TPSA) is 102 Å². The van der Waals surface area contributed by atoms with E-state index < -0.39 is 18.1 Å². The van der Waals surface area contributed by atoms with E-state index in [4.69, 9.17) is 14.2 Å². The molecule has 0 spiro atoms. The number of hydrogen-bond donors (Lipinski definition) is 0. The molecule has 0 saturated carbocycles. The molecule has 0 N–H and O–H groups in total. The lowest BCUT2D eigenvalue weighted by atomic mass is 10.1. The number of unbranched alkanes of at least 4 members (excludes halogenated alkanes) is 12. The highest BCUT2D eigenvalue weighted by atomic mass is 16.6. The van der Waals surface area contributed by atoms with Crippen molar-refractivity contribution >= 4 is 17.9 Å². The normalized spacial score (nSPS) is 13.6. The molecule has 0 saturated heterocycles. The number of nitrogens with zero attached hydrogens (tertiary/aromatic N) is 1. The maximum Gasteiger partial charge on any atom is 0.306 e. The first kappa shape index (κ1) is 50.0. The highest BCUT2D eigenvalue weighted by Gasteiger charge is 2.25. The number of hydrogen-bond acceptors (Lipinski definition) is 7. The van der Waals surface area contributed by atoms with E-state index in [0.29, 0.717) is 12.8 Å². The third-order valence-electron chi connectivity index (χ3n) is 8.92. The fraction of sp³-hybridized carbons (Fsp3) is 0.711. The molecule has 0 rings (SSSR count). The number of rotatable bonds is 36. The highest BCUT2D eigenvalue weighted by molar-refractivity contribution is 5.70. The third-order valence-corrected chi connectivity index (χ3v) is 8.92. The largest absolute Gasteiger partial charge is 0.544 e. The van der Waals surface area contributed by atoms with Crippen molar-refractivity contribution in [2.75, 3.05) is 41.0 Å². The van der Waals surface area contributed by atoms with Gasteiger partial charge in [0.2, 0.25) is 0 Å². The molecular formula is C45H77NO7. The van der Waals surface area contributed by atoms with E-state index >= 15 is 0 Å². The van der Waals surface area contributed by atoms with Gasteiger partial charge in [0.25, 0.3) is 0 Å². The van der Waals surface area contributed by atoms with Crippen LogP contribution in [-0.4, -0.2) is 75.5 Å². The number of likely N-dealkylation sites (N-methyl/N-ethyl adjacent to an activating group) is 1. The van der Waals surface area contributed by atoms with Crippen LogP contribution in [0, 0.1) is 0 Å². The van der Waals surface area contributed by atoms with Crippen molar-refractivity contribution in [2.45, 2.75) is 167 Å². The molecule has 0 amide bonds. The molecule has 8 nitrogen and oxygen atoms in total. The first-order valence-corrected chi connectivity index (χ1v) is 20.8. The van der Waals surface area contributed by atoms with E-state index in [1.165, 1.54) is 44.9 Å². The van der Waals surface area contributed by atoms with Crippen molar-refractivity contribution in [1.29, 1.82) is 0 Å². The van der Waals surface area contributed by atoms with E-state index in [-0.39, 0.29) is 49.1 Å². The van der Waals surface area contributed by atoms with Gasteiger partial charge in [-0.2, -0.15) is 0 Å². The molecular weight excluding hydrogens is 666 g/mol. The smallest absolute Gasteiger partial charge is 0.306 e. The van der Waals surface area contributed by atoms with Crippen molar-refractivity contribution in [1.82, 2.24) is 0 Å². The van der Waals surface area contributed by atoms with Crippen LogP contribution in [0.1, 0.15) is 155 Å². The summed E-state index contributed by atoms with van der Waals surface area (Å²) < 4.78 is 17.1. The van der Waals surface area contributed by atoms with E-state index in [9.17, 15) is 19.5 Å². The van der Waals surface area contributed by atoms with Crippen LogP contribution < -0.4 is 5.11 Å². The number of carboxylic acids is 1. The molecule has 2 atom stereocenters. The predicted molar refractivity (Wildman–Crippen MR) is 217 cm³/mol. The maximum atomic E-state index is 12.7. The molecule has 53 heavy (non-hydrogen) atoms. The number of ether oxygens (including phenoxy) is 3. The Balaban J connectivity index is 4.43. The summed E-state index contributed by atoms with van der Waals surface area (Å²) in [4.78, 5) is 36.7. The van der Waals surface area contributed by atoms with E-state index in [0.717, 1.165) is 70.6 Å². The lowest BCUT2D eigenvalue weighted by Gasteiger charge is -2.34. The number of esters is 2. The van der Waals surface area contributed by atoms with Crippen LogP contribution in [0.3, 0.4) is 0 Å². The zero-order valence-corrected chi connectivity index (χ0v) is 34.4. The minimum Gasteiger partial charge on any atom is -0.544 e. The third kappa shape index (κ3) is 34.5. The van der Waals surface area contributed by atoms with Crippen molar-refractivity contribution in [3.05, 3.63) is 60.8 Å². The van der Waals surface area contributed by atoms with Crippen LogP contribution in [-0.2, 0) is 28.6 Å². The molecule has 0 heterocycles. The molecule has 0 aromatic heterocycles. The number of carboxylic acid groups (broad SMARTS) is 1. The molecule has 8 heteroatoms. The zero-order chi connectivity index (χ0) is 39.3. The van der Waals surface area contributed by atoms with Gasteiger partial charge in [-0.25, -0.2) is 0 Å². The predicted octanol–water partition coefficient (Wildman–Crippen LogP) is 9.69. The summed E-state index contributed by atoms with van der Waals surface area (Å²) in [6.45, 7) is 4.48. The summed E-state index contributed by atoms with van der Waals surface area (Å²) in [5.74, 6) is -1.78. The summed E-state index contributed by atoms with van der Waals surface area (Å²) in [6.07, 6.45) is 42.4. The van der Waals surface area contributed by atoms with Crippen LogP contribution >= 0.6 is 0 Å². The van der Waals surface area contributed by atoms with Gasteiger partial charge in [0.1, 0.15) is 12.6 Å². The van der Waals surface area contributed by atoms with Crippen molar-refractivity contribution < 1.29 is 38.2 Å². The van der Waals surface area contributed by atoms with Gasteiger partial charge in [-0.15, -0.1) is 0 Å². The Hall–Kier alpha value is -2.97. The lowest BCUT2D eigenvalue weighted by Crippen LogP contribution is -2.55. The monoisotopic (exact) mass is 744 g/mol. The number of carbonyl (C=O) groups excluding carboxylic acids is 3. The second-order valence-electron chi connectivity index (χ2n) is 14.8. The average molecular weight is 744 g/mol. The highest BCUT2D eigenvalue weighted by Crippen LogP contribution is 2.13. The minimum absolute atomic E-state index is 0.0260. The van der Waals surface area contributed by atoms with Gasteiger partial charge in [-0.3, -0.25) is 9.59 Å². The molecule has 0 aliphatic carbocycles. The van der Waals surface area contributed by atoms with Crippen molar-refractivity contribution in [3.8, 4) is 0 Å². The number of quaternary nitrogens is 1. The molecule has 0 aliphatic rings. The average Bonchev–Trinajstić information content (AvgIpc) is 3.11. The van der Waals surface area contributed by atoms with Crippen LogP contribution in [0.25, 0.3) is 0 Å². The number of allylic oxidation sites excluding steroid dienone is 10. The maximum absolute atomic E-state index is 12.7. The summed E-state index contributed by atoms with van der Waals surface area (Å²) in [5, 5.41) is 11.6. The zero-order valence-electron chi connectivity index (χ0n) is 34.4. The Morgan fingerprint density at radius 1 is 0.585 bits per heavy atom. The minimum atomic E-state index is -1.13.